The molecule has 0 aliphatic heterocycles. The molecule has 2 N–H and O–H groups in total. The van der Waals surface area contributed by atoms with Crippen molar-refractivity contribution in [3.63, 3.8) is 0 Å². The van der Waals surface area contributed by atoms with Gasteiger partial charge in [-0.3, -0.25) is 10.1 Å². The fraction of sp³-hybridized carbons (Fsp3) is 0.190. The zero-order chi connectivity index (χ0) is 17.6. The highest BCUT2D eigenvalue weighted by Crippen LogP contribution is 2.22. The summed E-state index contributed by atoms with van der Waals surface area (Å²) in [4.78, 5) is 12.3. The number of anilines is 1. The van der Waals surface area contributed by atoms with Crippen molar-refractivity contribution in [1.29, 1.82) is 0 Å². The first kappa shape index (κ1) is 17.0. The second-order valence-corrected chi connectivity index (χ2v) is 6.09. The van der Waals surface area contributed by atoms with Crippen molar-refractivity contribution in [3.05, 3.63) is 89.4 Å². The van der Waals surface area contributed by atoms with Crippen LogP contribution < -0.4 is 10.6 Å². The lowest BCUT2D eigenvalue weighted by atomic mass is 10.0. The van der Waals surface area contributed by atoms with E-state index >= 15 is 0 Å². The van der Waals surface area contributed by atoms with E-state index in [1.54, 1.807) is 6.26 Å². The van der Waals surface area contributed by atoms with Gasteiger partial charge in [-0.25, -0.2) is 0 Å². The maximum Gasteiger partial charge on any atom is 0.238 e. The Hall–Kier alpha value is -2.85. The highest BCUT2D eigenvalue weighted by molar-refractivity contribution is 5.92. The summed E-state index contributed by atoms with van der Waals surface area (Å²) in [5.74, 6) is 0.695. The van der Waals surface area contributed by atoms with Crippen molar-refractivity contribution in [2.45, 2.75) is 19.9 Å². The van der Waals surface area contributed by atoms with Gasteiger partial charge >= 0.3 is 0 Å². The van der Waals surface area contributed by atoms with Crippen molar-refractivity contribution in [2.75, 3.05) is 11.9 Å². The number of carbonyl (C=O) groups is 1. The molecule has 2 aromatic carbocycles. The molecule has 0 fully saturated rings. The second kappa shape index (κ2) is 7.81. The van der Waals surface area contributed by atoms with Gasteiger partial charge in [-0.05, 0) is 54.8 Å². The van der Waals surface area contributed by atoms with Crippen LogP contribution in [0, 0.1) is 13.8 Å². The highest BCUT2D eigenvalue weighted by atomic mass is 16.3. The average Bonchev–Trinajstić information content (AvgIpc) is 3.14. The summed E-state index contributed by atoms with van der Waals surface area (Å²) in [6, 6.07) is 19.4. The van der Waals surface area contributed by atoms with E-state index in [1.807, 2.05) is 67.6 Å². The number of aryl methyl sites for hydroxylation is 2. The van der Waals surface area contributed by atoms with E-state index in [-0.39, 0.29) is 18.5 Å². The third kappa shape index (κ3) is 4.37. The Bertz CT molecular complexity index is 826. The first-order valence-corrected chi connectivity index (χ1v) is 8.32. The minimum atomic E-state index is -0.165. The molecule has 0 radical (unpaired) electrons. The lowest BCUT2D eigenvalue weighted by Gasteiger charge is -2.17. The molecule has 0 spiro atoms. The first-order valence-electron chi connectivity index (χ1n) is 8.32. The van der Waals surface area contributed by atoms with Gasteiger partial charge in [0.1, 0.15) is 5.76 Å². The molecule has 25 heavy (non-hydrogen) atoms. The van der Waals surface area contributed by atoms with Crippen molar-refractivity contribution in [1.82, 2.24) is 5.32 Å². The number of rotatable bonds is 6. The Morgan fingerprint density at radius 2 is 1.80 bits per heavy atom. The van der Waals surface area contributed by atoms with Crippen LogP contribution in [-0.4, -0.2) is 12.5 Å². The van der Waals surface area contributed by atoms with E-state index in [2.05, 4.69) is 17.6 Å². The summed E-state index contributed by atoms with van der Waals surface area (Å²) < 4.78 is 5.54. The second-order valence-electron chi connectivity index (χ2n) is 6.09. The van der Waals surface area contributed by atoms with Crippen LogP contribution in [0.4, 0.5) is 5.69 Å². The van der Waals surface area contributed by atoms with Crippen LogP contribution in [0.1, 0.15) is 28.5 Å². The number of carbonyl (C=O) groups excluding carboxylic acids is 1. The summed E-state index contributed by atoms with van der Waals surface area (Å²) in [6.45, 7) is 4.27. The lowest BCUT2D eigenvalue weighted by molar-refractivity contribution is -0.115. The lowest BCUT2D eigenvalue weighted by Crippen LogP contribution is -2.31. The molecule has 0 unspecified atom stereocenters. The number of furan rings is 1. The molecular formula is C21H22N2O2. The molecule has 1 aromatic heterocycles. The molecular weight excluding hydrogens is 312 g/mol. The molecule has 1 atom stereocenters. The average molecular weight is 334 g/mol. The summed E-state index contributed by atoms with van der Waals surface area (Å²) >= 11 is 0. The summed E-state index contributed by atoms with van der Waals surface area (Å²) in [5, 5.41) is 6.21. The van der Waals surface area contributed by atoms with E-state index in [0.717, 1.165) is 22.6 Å². The van der Waals surface area contributed by atoms with E-state index in [1.165, 1.54) is 5.56 Å². The van der Waals surface area contributed by atoms with Crippen molar-refractivity contribution in [2.24, 2.45) is 0 Å². The summed E-state index contributed by atoms with van der Waals surface area (Å²) in [7, 11) is 0. The number of benzene rings is 2. The molecule has 0 saturated heterocycles. The Morgan fingerprint density at radius 3 is 2.48 bits per heavy atom. The van der Waals surface area contributed by atoms with Crippen LogP contribution in [0.25, 0.3) is 0 Å². The molecule has 1 amide bonds. The van der Waals surface area contributed by atoms with Crippen LogP contribution in [-0.2, 0) is 4.79 Å². The van der Waals surface area contributed by atoms with Gasteiger partial charge in [0.25, 0.3) is 0 Å². The summed E-state index contributed by atoms with van der Waals surface area (Å²) in [6.07, 6.45) is 1.64. The fourth-order valence-corrected chi connectivity index (χ4v) is 2.70. The zero-order valence-corrected chi connectivity index (χ0v) is 14.5. The predicted molar refractivity (Wildman–Crippen MR) is 99.5 cm³/mol. The molecule has 3 rings (SSSR count). The van der Waals surface area contributed by atoms with Gasteiger partial charge in [0.05, 0.1) is 18.8 Å². The Labute approximate surface area is 147 Å². The topological polar surface area (TPSA) is 54.3 Å². The Kier molecular flexibility index (Phi) is 5.31. The fourth-order valence-electron chi connectivity index (χ4n) is 2.70. The van der Waals surface area contributed by atoms with Crippen LogP contribution in [0.5, 0.6) is 0 Å². The van der Waals surface area contributed by atoms with E-state index < -0.39 is 0 Å². The van der Waals surface area contributed by atoms with E-state index in [0.29, 0.717) is 0 Å². The number of hydrogen-bond donors (Lipinski definition) is 2. The van der Waals surface area contributed by atoms with E-state index in [9.17, 15) is 4.79 Å². The molecule has 0 saturated carbocycles. The maximum absolute atomic E-state index is 12.3. The van der Waals surface area contributed by atoms with Crippen LogP contribution >= 0.6 is 0 Å². The standard InChI is InChI=1S/C21H22N2O2/c1-15-10-11-18(13-16(15)2)23-20(24)14-22-21(19-9-6-12-25-19)17-7-4-3-5-8-17/h3-13,21-22H,14H2,1-2H3,(H,23,24)/t21-/m0/s1. The third-order valence-corrected chi connectivity index (χ3v) is 4.22. The molecule has 1 heterocycles. The van der Waals surface area contributed by atoms with Gasteiger partial charge < -0.3 is 9.73 Å². The first-order chi connectivity index (χ1) is 12.1. The third-order valence-electron chi connectivity index (χ3n) is 4.22. The van der Waals surface area contributed by atoms with Crippen LogP contribution in [0.3, 0.4) is 0 Å². The molecule has 0 aliphatic rings. The SMILES string of the molecule is Cc1ccc(NC(=O)CN[C@@H](c2ccccc2)c2ccco2)cc1C. The van der Waals surface area contributed by atoms with Crippen LogP contribution in [0.15, 0.2) is 71.3 Å². The molecule has 4 heteroatoms. The molecule has 128 valence electrons. The Balaban J connectivity index is 1.66. The van der Waals surface area contributed by atoms with Crippen molar-refractivity contribution >= 4 is 11.6 Å². The smallest absolute Gasteiger partial charge is 0.238 e. The minimum Gasteiger partial charge on any atom is -0.467 e. The minimum absolute atomic E-state index is 0.0873. The van der Waals surface area contributed by atoms with Gasteiger partial charge in [-0.2, -0.15) is 0 Å². The number of amides is 1. The molecule has 4 nitrogen and oxygen atoms in total. The largest absolute Gasteiger partial charge is 0.467 e. The van der Waals surface area contributed by atoms with Gasteiger partial charge in [0, 0.05) is 5.69 Å². The monoisotopic (exact) mass is 334 g/mol. The summed E-state index contributed by atoms with van der Waals surface area (Å²) in [5.41, 5.74) is 4.22. The molecule has 3 aromatic rings. The van der Waals surface area contributed by atoms with Crippen molar-refractivity contribution in [3.8, 4) is 0 Å². The predicted octanol–water partition coefficient (Wildman–Crippen LogP) is 4.21. The normalized spacial score (nSPS) is 11.9. The van der Waals surface area contributed by atoms with Gasteiger partial charge in [-0.1, -0.05) is 36.4 Å². The van der Waals surface area contributed by atoms with Gasteiger partial charge in [-0.15, -0.1) is 0 Å². The maximum atomic E-state index is 12.3. The van der Waals surface area contributed by atoms with Gasteiger partial charge in [0.2, 0.25) is 5.91 Å². The number of nitrogens with one attached hydrogen (secondary N) is 2. The van der Waals surface area contributed by atoms with Crippen molar-refractivity contribution < 1.29 is 9.21 Å². The van der Waals surface area contributed by atoms with Gasteiger partial charge in [0.15, 0.2) is 0 Å². The Morgan fingerprint density at radius 1 is 1.00 bits per heavy atom. The van der Waals surface area contributed by atoms with Crippen LogP contribution in [0.2, 0.25) is 0 Å². The number of hydrogen-bond acceptors (Lipinski definition) is 3. The molecule has 0 aliphatic carbocycles. The quantitative estimate of drug-likeness (QED) is 0.710. The van der Waals surface area contributed by atoms with E-state index in [4.69, 9.17) is 4.42 Å². The highest BCUT2D eigenvalue weighted by Gasteiger charge is 2.17. The zero-order valence-electron chi connectivity index (χ0n) is 14.5. The molecule has 0 bridgehead atoms.